The second-order valence-electron chi connectivity index (χ2n) is 4.55. The summed E-state index contributed by atoms with van der Waals surface area (Å²) in [6.45, 7) is 0.817. The molecule has 1 aliphatic rings. The Bertz CT molecular complexity index is 403. The number of amides is 1. The van der Waals surface area contributed by atoms with Crippen LogP contribution in [0.3, 0.4) is 0 Å². The maximum Gasteiger partial charge on any atom is 0.257 e. The number of nitrogens with one attached hydrogen (secondary N) is 1. The standard InChI is InChI=1S/C12H18N4O/c1-16(8-9-3-2-4-9)12(17)10-7-14-6-5-11(10)15-13/h5-7,9H,2-4,8,13H2,1H3,(H,14,15). The minimum absolute atomic E-state index is 0.0297. The fourth-order valence-corrected chi connectivity index (χ4v) is 2.04. The van der Waals surface area contributed by atoms with Crippen molar-refractivity contribution in [2.24, 2.45) is 11.8 Å². The van der Waals surface area contributed by atoms with Crippen LogP contribution in [0.2, 0.25) is 0 Å². The van der Waals surface area contributed by atoms with Crippen LogP contribution in [0.5, 0.6) is 0 Å². The van der Waals surface area contributed by atoms with Gasteiger partial charge in [-0.3, -0.25) is 15.6 Å². The van der Waals surface area contributed by atoms with Crippen LogP contribution in [0.15, 0.2) is 18.5 Å². The number of hydrogen-bond acceptors (Lipinski definition) is 4. The van der Waals surface area contributed by atoms with Crippen LogP contribution >= 0.6 is 0 Å². The van der Waals surface area contributed by atoms with Crippen molar-refractivity contribution in [3.05, 3.63) is 24.0 Å². The van der Waals surface area contributed by atoms with E-state index in [0.29, 0.717) is 17.2 Å². The lowest BCUT2D eigenvalue weighted by Crippen LogP contribution is -2.34. The Hall–Kier alpha value is -1.62. The first-order chi connectivity index (χ1) is 8.22. The minimum atomic E-state index is -0.0297. The SMILES string of the molecule is CN(CC1CCC1)C(=O)c1cnccc1NN. The van der Waals surface area contributed by atoms with Crippen LogP contribution < -0.4 is 11.3 Å². The average Bonchev–Trinajstić information content (AvgIpc) is 2.32. The molecular formula is C12H18N4O. The number of anilines is 1. The van der Waals surface area contributed by atoms with Gasteiger partial charge in [-0.05, 0) is 24.8 Å². The van der Waals surface area contributed by atoms with Crippen molar-refractivity contribution in [2.75, 3.05) is 19.0 Å². The van der Waals surface area contributed by atoms with Crippen molar-refractivity contribution < 1.29 is 4.79 Å². The molecule has 1 aromatic heterocycles. The molecule has 5 heteroatoms. The highest BCUT2D eigenvalue weighted by atomic mass is 16.2. The Labute approximate surface area is 101 Å². The summed E-state index contributed by atoms with van der Waals surface area (Å²) in [5.41, 5.74) is 3.67. The molecule has 1 fully saturated rings. The smallest absolute Gasteiger partial charge is 0.257 e. The van der Waals surface area contributed by atoms with Crippen LogP contribution in [-0.4, -0.2) is 29.4 Å². The first-order valence-corrected chi connectivity index (χ1v) is 5.88. The van der Waals surface area contributed by atoms with Gasteiger partial charge in [-0.2, -0.15) is 0 Å². The van der Waals surface area contributed by atoms with Crippen LogP contribution in [0.25, 0.3) is 0 Å². The number of hydrazine groups is 1. The predicted octanol–water partition coefficient (Wildman–Crippen LogP) is 1.24. The molecule has 0 bridgehead atoms. The molecule has 1 heterocycles. The molecule has 1 aliphatic carbocycles. The Kier molecular flexibility index (Phi) is 3.58. The van der Waals surface area contributed by atoms with E-state index in [9.17, 15) is 4.79 Å². The monoisotopic (exact) mass is 234 g/mol. The van der Waals surface area contributed by atoms with Crippen LogP contribution in [0, 0.1) is 5.92 Å². The molecule has 2 rings (SSSR count). The van der Waals surface area contributed by atoms with E-state index in [1.54, 1.807) is 23.4 Å². The second-order valence-corrected chi connectivity index (χ2v) is 4.55. The molecule has 0 saturated heterocycles. The van der Waals surface area contributed by atoms with Gasteiger partial charge in [-0.1, -0.05) is 6.42 Å². The van der Waals surface area contributed by atoms with E-state index in [-0.39, 0.29) is 5.91 Å². The summed E-state index contributed by atoms with van der Waals surface area (Å²) in [5, 5.41) is 0. The van der Waals surface area contributed by atoms with Crippen LogP contribution in [0.1, 0.15) is 29.6 Å². The number of carbonyl (C=O) groups is 1. The Morgan fingerprint density at radius 3 is 3.00 bits per heavy atom. The molecule has 0 radical (unpaired) electrons. The third kappa shape index (κ3) is 2.55. The number of aromatic nitrogens is 1. The summed E-state index contributed by atoms with van der Waals surface area (Å²) in [6, 6.07) is 1.70. The van der Waals surface area contributed by atoms with E-state index < -0.39 is 0 Å². The van der Waals surface area contributed by atoms with Gasteiger partial charge >= 0.3 is 0 Å². The van der Waals surface area contributed by atoms with Gasteiger partial charge in [0, 0.05) is 26.0 Å². The van der Waals surface area contributed by atoms with Crippen molar-refractivity contribution >= 4 is 11.6 Å². The maximum absolute atomic E-state index is 12.2. The van der Waals surface area contributed by atoms with E-state index in [0.717, 1.165) is 6.54 Å². The highest BCUT2D eigenvalue weighted by Crippen LogP contribution is 2.27. The molecule has 0 atom stereocenters. The summed E-state index contributed by atoms with van der Waals surface area (Å²) in [4.78, 5) is 17.9. The normalized spacial score (nSPS) is 15.2. The lowest BCUT2D eigenvalue weighted by Gasteiger charge is -2.30. The Morgan fingerprint density at radius 1 is 1.65 bits per heavy atom. The zero-order chi connectivity index (χ0) is 12.3. The van der Waals surface area contributed by atoms with E-state index in [1.165, 1.54) is 19.3 Å². The van der Waals surface area contributed by atoms with E-state index in [1.807, 2.05) is 7.05 Å². The predicted molar refractivity (Wildman–Crippen MR) is 66.3 cm³/mol. The number of rotatable bonds is 4. The maximum atomic E-state index is 12.2. The number of nitrogens with zero attached hydrogens (tertiary/aromatic N) is 2. The zero-order valence-electron chi connectivity index (χ0n) is 10.0. The van der Waals surface area contributed by atoms with E-state index >= 15 is 0 Å². The third-order valence-electron chi connectivity index (χ3n) is 3.31. The van der Waals surface area contributed by atoms with Gasteiger partial charge in [-0.25, -0.2) is 0 Å². The molecule has 3 N–H and O–H groups in total. The molecule has 0 aromatic carbocycles. The second kappa shape index (κ2) is 5.14. The van der Waals surface area contributed by atoms with Gasteiger partial charge in [0.2, 0.25) is 0 Å². The average molecular weight is 234 g/mol. The first kappa shape index (κ1) is 11.9. The summed E-state index contributed by atoms with van der Waals surface area (Å²) < 4.78 is 0. The van der Waals surface area contributed by atoms with Crippen molar-refractivity contribution in [2.45, 2.75) is 19.3 Å². The van der Waals surface area contributed by atoms with Crippen LogP contribution in [-0.2, 0) is 0 Å². The van der Waals surface area contributed by atoms with Gasteiger partial charge < -0.3 is 10.3 Å². The molecule has 5 nitrogen and oxygen atoms in total. The number of nitrogens with two attached hydrogens (primary N) is 1. The van der Waals surface area contributed by atoms with Gasteiger partial charge in [0.25, 0.3) is 5.91 Å². The van der Waals surface area contributed by atoms with Crippen molar-refractivity contribution in [1.29, 1.82) is 0 Å². The quantitative estimate of drug-likeness (QED) is 0.607. The van der Waals surface area contributed by atoms with Gasteiger partial charge in [0.1, 0.15) is 0 Å². The Balaban J connectivity index is 2.06. The molecule has 1 aromatic rings. The molecule has 17 heavy (non-hydrogen) atoms. The van der Waals surface area contributed by atoms with Gasteiger partial charge in [-0.15, -0.1) is 0 Å². The van der Waals surface area contributed by atoms with Crippen molar-refractivity contribution in [3.63, 3.8) is 0 Å². The number of pyridine rings is 1. The summed E-state index contributed by atoms with van der Waals surface area (Å²) >= 11 is 0. The van der Waals surface area contributed by atoms with E-state index in [2.05, 4.69) is 10.4 Å². The summed E-state index contributed by atoms with van der Waals surface area (Å²) in [5.74, 6) is 6.01. The van der Waals surface area contributed by atoms with Crippen LogP contribution in [0.4, 0.5) is 5.69 Å². The summed E-state index contributed by atoms with van der Waals surface area (Å²) in [6.07, 6.45) is 6.90. The molecule has 1 amide bonds. The van der Waals surface area contributed by atoms with Gasteiger partial charge in [0.15, 0.2) is 0 Å². The highest BCUT2D eigenvalue weighted by molar-refractivity contribution is 5.99. The molecule has 92 valence electrons. The van der Waals surface area contributed by atoms with E-state index in [4.69, 9.17) is 5.84 Å². The van der Waals surface area contributed by atoms with Crippen molar-refractivity contribution in [1.82, 2.24) is 9.88 Å². The molecule has 1 saturated carbocycles. The number of carbonyl (C=O) groups excluding carboxylic acids is 1. The lowest BCUT2D eigenvalue weighted by molar-refractivity contribution is 0.0745. The highest BCUT2D eigenvalue weighted by Gasteiger charge is 2.23. The molecule has 0 aliphatic heterocycles. The Morgan fingerprint density at radius 2 is 2.41 bits per heavy atom. The largest absolute Gasteiger partial charge is 0.341 e. The number of nitrogen functional groups attached to an aromatic ring is 1. The first-order valence-electron chi connectivity index (χ1n) is 5.88. The number of hydrogen-bond donors (Lipinski definition) is 2. The summed E-state index contributed by atoms with van der Waals surface area (Å²) in [7, 11) is 1.83. The fourth-order valence-electron chi connectivity index (χ4n) is 2.04. The zero-order valence-corrected chi connectivity index (χ0v) is 10.0. The molecular weight excluding hydrogens is 216 g/mol. The van der Waals surface area contributed by atoms with Gasteiger partial charge in [0.05, 0.1) is 11.3 Å². The molecule has 0 spiro atoms. The third-order valence-corrected chi connectivity index (χ3v) is 3.31. The fraction of sp³-hybridized carbons (Fsp3) is 0.500. The topological polar surface area (TPSA) is 71.2 Å². The minimum Gasteiger partial charge on any atom is -0.341 e. The van der Waals surface area contributed by atoms with Crippen molar-refractivity contribution in [3.8, 4) is 0 Å². The molecule has 0 unspecified atom stereocenters. The lowest BCUT2D eigenvalue weighted by atomic mass is 9.85.